The Labute approximate surface area is 111 Å². The maximum absolute atomic E-state index is 11.9. The first kappa shape index (κ1) is 13.1. The third-order valence-corrected chi connectivity index (χ3v) is 4.40. The Hall–Kier alpha value is -1.33. The Morgan fingerprint density at radius 1 is 1.33 bits per heavy atom. The average molecular weight is 285 g/mol. The lowest BCUT2D eigenvalue weighted by molar-refractivity contribution is 0.568. The van der Waals surface area contributed by atoms with Crippen molar-refractivity contribution in [2.75, 3.05) is 6.26 Å². The summed E-state index contributed by atoms with van der Waals surface area (Å²) in [7, 11) is -3.20. The second kappa shape index (κ2) is 5.12. The number of sulfone groups is 1. The normalized spacial score (nSPS) is 13.4. The number of hydrogen-bond acceptors (Lipinski definition) is 3. The fraction of sp³-hybridized carbons (Fsp3) is 0.250. The topological polar surface area (TPSA) is 52.0 Å². The van der Waals surface area contributed by atoms with Gasteiger partial charge in [0.25, 0.3) is 0 Å². The van der Waals surface area contributed by atoms with Crippen LogP contribution in [-0.4, -0.2) is 24.2 Å². The van der Waals surface area contributed by atoms with E-state index < -0.39 is 15.1 Å². The van der Waals surface area contributed by atoms with E-state index in [1.807, 2.05) is 0 Å². The third-order valence-electron chi connectivity index (χ3n) is 2.69. The number of benzene rings is 1. The van der Waals surface area contributed by atoms with Crippen LogP contribution >= 0.6 is 11.6 Å². The van der Waals surface area contributed by atoms with Crippen molar-refractivity contribution in [3.05, 3.63) is 53.6 Å². The van der Waals surface area contributed by atoms with Gasteiger partial charge in [-0.3, -0.25) is 0 Å². The van der Waals surface area contributed by atoms with Gasteiger partial charge in [-0.1, -0.05) is 23.7 Å². The number of rotatable bonds is 4. The Kier molecular flexibility index (Phi) is 3.73. The Morgan fingerprint density at radius 2 is 2.00 bits per heavy atom. The minimum atomic E-state index is -3.20. The highest BCUT2D eigenvalue weighted by molar-refractivity contribution is 7.90. The van der Waals surface area contributed by atoms with E-state index in [1.165, 1.54) is 6.26 Å². The summed E-state index contributed by atoms with van der Waals surface area (Å²) in [5.74, 6) is 0. The Morgan fingerprint density at radius 3 is 2.50 bits per heavy atom. The first-order valence-corrected chi connectivity index (χ1v) is 7.70. The molecule has 2 rings (SSSR count). The van der Waals surface area contributed by atoms with Crippen LogP contribution in [0.2, 0.25) is 5.02 Å². The number of nitrogens with zero attached hydrogens (tertiary/aromatic N) is 2. The molecule has 0 saturated carbocycles. The Bertz CT molecular complexity index is 606. The van der Waals surface area contributed by atoms with Crippen LogP contribution in [0, 0.1) is 0 Å². The van der Waals surface area contributed by atoms with Crippen LogP contribution < -0.4 is 0 Å². The smallest absolute Gasteiger partial charge is 0.156 e. The van der Waals surface area contributed by atoms with Crippen LogP contribution in [0.5, 0.6) is 0 Å². The molecule has 6 heteroatoms. The molecule has 0 spiro atoms. The monoisotopic (exact) mass is 284 g/mol. The molecule has 0 saturated heterocycles. The number of imidazole rings is 1. The van der Waals surface area contributed by atoms with Crippen LogP contribution in [0.4, 0.5) is 0 Å². The molecule has 0 fully saturated rings. The summed E-state index contributed by atoms with van der Waals surface area (Å²) < 4.78 is 25.5. The van der Waals surface area contributed by atoms with Crippen LogP contribution in [0.25, 0.3) is 0 Å². The molecule has 1 heterocycles. The molecule has 1 aromatic heterocycles. The van der Waals surface area contributed by atoms with Crippen LogP contribution in [-0.2, 0) is 16.4 Å². The van der Waals surface area contributed by atoms with E-state index in [4.69, 9.17) is 11.6 Å². The Balaban J connectivity index is 2.34. The second-order valence-electron chi connectivity index (χ2n) is 4.13. The molecule has 0 radical (unpaired) electrons. The van der Waals surface area contributed by atoms with Crippen molar-refractivity contribution < 1.29 is 8.42 Å². The lowest BCUT2D eigenvalue weighted by atomic mass is 10.1. The fourth-order valence-corrected chi connectivity index (χ4v) is 2.97. The number of hydrogen-bond donors (Lipinski definition) is 0. The molecule has 0 aliphatic rings. The summed E-state index contributed by atoms with van der Waals surface area (Å²) in [6.07, 6.45) is 6.21. The maximum Gasteiger partial charge on any atom is 0.156 e. The zero-order chi connectivity index (χ0) is 13.2. The molecule has 0 aliphatic carbocycles. The average Bonchev–Trinajstić information content (AvgIpc) is 2.79. The molecule has 0 unspecified atom stereocenters. The number of aromatic nitrogens is 2. The summed E-state index contributed by atoms with van der Waals surface area (Å²) in [5.41, 5.74) is 0.732. The standard InChI is InChI=1S/C12H13ClN2O2S/c1-18(16,17)12(8-15-7-6-14-9-15)10-2-4-11(13)5-3-10/h2-7,9,12H,8H2,1H3/t12-/m0/s1. The minimum absolute atomic E-state index is 0.348. The summed E-state index contributed by atoms with van der Waals surface area (Å²) in [6.45, 7) is 0.348. The van der Waals surface area contributed by atoms with Crippen molar-refractivity contribution in [2.24, 2.45) is 0 Å². The van der Waals surface area contributed by atoms with E-state index in [-0.39, 0.29) is 0 Å². The predicted octanol–water partition coefficient (Wildman–Crippen LogP) is 2.32. The van der Waals surface area contributed by atoms with E-state index in [2.05, 4.69) is 4.98 Å². The van der Waals surface area contributed by atoms with Crippen molar-refractivity contribution in [3.63, 3.8) is 0 Å². The minimum Gasteiger partial charge on any atom is -0.336 e. The molecule has 1 aromatic carbocycles. The zero-order valence-corrected chi connectivity index (χ0v) is 11.4. The summed E-state index contributed by atoms with van der Waals surface area (Å²) >= 11 is 5.81. The van der Waals surface area contributed by atoms with Gasteiger partial charge in [0.1, 0.15) is 5.25 Å². The summed E-state index contributed by atoms with van der Waals surface area (Å²) in [6, 6.07) is 6.88. The quantitative estimate of drug-likeness (QED) is 0.866. The van der Waals surface area contributed by atoms with E-state index in [0.717, 1.165) is 5.56 Å². The summed E-state index contributed by atoms with van der Waals surface area (Å²) in [5, 5.41) is -0.00222. The first-order chi connectivity index (χ1) is 8.47. The van der Waals surface area contributed by atoms with Crippen molar-refractivity contribution in [1.29, 1.82) is 0 Å². The SMILES string of the molecule is CS(=O)(=O)[C@@H](Cn1ccnc1)c1ccc(Cl)cc1. The van der Waals surface area contributed by atoms with Crippen LogP contribution in [0.15, 0.2) is 43.0 Å². The van der Waals surface area contributed by atoms with Gasteiger partial charge in [0.05, 0.1) is 6.33 Å². The highest BCUT2D eigenvalue weighted by Crippen LogP contribution is 2.25. The lowest BCUT2D eigenvalue weighted by Crippen LogP contribution is -2.17. The van der Waals surface area contributed by atoms with Crippen LogP contribution in [0.3, 0.4) is 0 Å². The van der Waals surface area contributed by atoms with Gasteiger partial charge >= 0.3 is 0 Å². The van der Waals surface area contributed by atoms with E-state index in [9.17, 15) is 8.42 Å². The highest BCUT2D eigenvalue weighted by Gasteiger charge is 2.23. The lowest BCUT2D eigenvalue weighted by Gasteiger charge is -2.16. The predicted molar refractivity (Wildman–Crippen MR) is 71.3 cm³/mol. The van der Waals surface area contributed by atoms with Gasteiger partial charge in [0, 0.05) is 30.2 Å². The fourth-order valence-electron chi connectivity index (χ4n) is 1.75. The van der Waals surface area contributed by atoms with Crippen molar-refractivity contribution in [1.82, 2.24) is 9.55 Å². The molecule has 18 heavy (non-hydrogen) atoms. The first-order valence-electron chi connectivity index (χ1n) is 5.37. The zero-order valence-electron chi connectivity index (χ0n) is 9.82. The van der Waals surface area contributed by atoms with E-state index in [0.29, 0.717) is 11.6 Å². The molecule has 96 valence electrons. The van der Waals surface area contributed by atoms with E-state index in [1.54, 1.807) is 47.6 Å². The molecule has 0 amide bonds. The van der Waals surface area contributed by atoms with Gasteiger partial charge in [-0.25, -0.2) is 13.4 Å². The summed E-state index contributed by atoms with van der Waals surface area (Å²) in [4.78, 5) is 3.91. The molecule has 1 atom stereocenters. The van der Waals surface area contributed by atoms with Gasteiger partial charge in [-0.2, -0.15) is 0 Å². The largest absolute Gasteiger partial charge is 0.336 e. The molecule has 2 aromatic rings. The van der Waals surface area contributed by atoms with Crippen LogP contribution in [0.1, 0.15) is 10.8 Å². The van der Waals surface area contributed by atoms with Crippen molar-refractivity contribution >= 4 is 21.4 Å². The number of halogens is 1. The van der Waals surface area contributed by atoms with Gasteiger partial charge in [0.15, 0.2) is 9.84 Å². The van der Waals surface area contributed by atoms with E-state index >= 15 is 0 Å². The molecule has 0 N–H and O–H groups in total. The molecule has 4 nitrogen and oxygen atoms in total. The third kappa shape index (κ3) is 3.11. The maximum atomic E-state index is 11.9. The molecular weight excluding hydrogens is 272 g/mol. The van der Waals surface area contributed by atoms with Gasteiger partial charge < -0.3 is 4.57 Å². The molecule has 0 bridgehead atoms. The molecule has 0 aliphatic heterocycles. The van der Waals surface area contributed by atoms with Gasteiger partial charge in [0.2, 0.25) is 0 Å². The highest BCUT2D eigenvalue weighted by atomic mass is 35.5. The molecular formula is C12H13ClN2O2S. The van der Waals surface area contributed by atoms with Crippen molar-refractivity contribution in [3.8, 4) is 0 Å². The second-order valence-corrected chi connectivity index (χ2v) is 6.79. The van der Waals surface area contributed by atoms with Gasteiger partial charge in [-0.05, 0) is 17.7 Å². The van der Waals surface area contributed by atoms with Gasteiger partial charge in [-0.15, -0.1) is 0 Å². The van der Waals surface area contributed by atoms with Crippen molar-refractivity contribution in [2.45, 2.75) is 11.8 Å².